The number of carbonyl (C=O) groups excluding carboxylic acids is 2. The Hall–Kier alpha value is -3.68. The molecule has 1 fully saturated rings. The van der Waals surface area contributed by atoms with Crippen molar-refractivity contribution < 1.29 is 19.1 Å². The number of carbonyl (C=O) groups is 2. The second-order valence-corrected chi connectivity index (χ2v) is 8.07. The molecule has 1 aromatic heterocycles. The summed E-state index contributed by atoms with van der Waals surface area (Å²) in [4.78, 5) is 40.1. The Morgan fingerprint density at radius 3 is 2.56 bits per heavy atom. The van der Waals surface area contributed by atoms with Crippen LogP contribution in [0.15, 0.2) is 53.5 Å². The highest BCUT2D eigenvalue weighted by Crippen LogP contribution is 2.32. The van der Waals surface area contributed by atoms with Crippen molar-refractivity contribution in [3.05, 3.63) is 64.6 Å². The summed E-state index contributed by atoms with van der Waals surface area (Å²) in [5.74, 6) is 0.999. The van der Waals surface area contributed by atoms with Gasteiger partial charge < -0.3 is 14.4 Å². The van der Waals surface area contributed by atoms with Gasteiger partial charge in [0.2, 0.25) is 5.91 Å². The van der Waals surface area contributed by atoms with E-state index in [1.165, 1.54) is 4.68 Å². The van der Waals surface area contributed by atoms with Crippen molar-refractivity contribution >= 4 is 22.5 Å². The second kappa shape index (κ2) is 8.45. The minimum absolute atomic E-state index is 0.0569. The molecule has 2 aliphatic rings. The second-order valence-electron chi connectivity index (χ2n) is 8.07. The third kappa shape index (κ3) is 3.84. The van der Waals surface area contributed by atoms with E-state index >= 15 is 0 Å². The molecule has 3 heterocycles. The number of amides is 1. The number of ether oxygens (including phenoxy) is 2. The summed E-state index contributed by atoms with van der Waals surface area (Å²) >= 11 is 0. The van der Waals surface area contributed by atoms with Gasteiger partial charge in [0.15, 0.2) is 17.3 Å². The maximum absolute atomic E-state index is 13.0. The molecule has 0 saturated carbocycles. The number of nitrogens with zero attached hydrogens (tertiary/aromatic N) is 3. The van der Waals surface area contributed by atoms with Gasteiger partial charge in [-0.2, -0.15) is 5.10 Å². The average molecular weight is 433 g/mol. The molecule has 0 N–H and O–H groups in total. The number of hydrogen-bond donors (Lipinski definition) is 0. The van der Waals surface area contributed by atoms with Gasteiger partial charge in [-0.15, -0.1) is 0 Å². The minimum Gasteiger partial charge on any atom is -0.486 e. The van der Waals surface area contributed by atoms with Crippen molar-refractivity contribution in [2.75, 3.05) is 26.3 Å². The fraction of sp³-hybridized carbons (Fsp3) is 0.333. The smallest absolute Gasteiger partial charge is 0.275 e. The molecule has 3 aromatic rings. The Kier molecular flexibility index (Phi) is 5.34. The third-order valence-electron chi connectivity index (χ3n) is 6.09. The Balaban J connectivity index is 1.22. The predicted octanol–water partition coefficient (Wildman–Crippen LogP) is 2.29. The van der Waals surface area contributed by atoms with Crippen LogP contribution in [0.3, 0.4) is 0 Å². The zero-order valence-corrected chi connectivity index (χ0v) is 17.5. The number of likely N-dealkylation sites (tertiary alicyclic amines) is 1. The van der Waals surface area contributed by atoms with Crippen molar-refractivity contribution in [1.82, 2.24) is 14.7 Å². The molecule has 0 bridgehead atoms. The summed E-state index contributed by atoms with van der Waals surface area (Å²) in [6.07, 6.45) is 2.76. The van der Waals surface area contributed by atoms with Gasteiger partial charge in [-0.1, -0.05) is 18.2 Å². The van der Waals surface area contributed by atoms with Crippen molar-refractivity contribution in [2.24, 2.45) is 5.92 Å². The lowest BCUT2D eigenvalue weighted by molar-refractivity contribution is -0.133. The quantitative estimate of drug-likeness (QED) is 0.587. The molecule has 0 aliphatic carbocycles. The molecule has 8 nitrogen and oxygen atoms in total. The van der Waals surface area contributed by atoms with E-state index in [1.807, 2.05) is 12.1 Å². The van der Waals surface area contributed by atoms with Crippen molar-refractivity contribution in [2.45, 2.75) is 19.4 Å². The fourth-order valence-corrected chi connectivity index (χ4v) is 4.29. The maximum Gasteiger partial charge on any atom is 0.275 e. The molecule has 0 radical (unpaired) electrons. The summed E-state index contributed by atoms with van der Waals surface area (Å²) in [6, 6.07) is 12.5. The number of fused-ring (bicyclic) bond motifs is 2. The number of benzene rings is 2. The van der Waals surface area contributed by atoms with Crippen molar-refractivity contribution in [1.29, 1.82) is 0 Å². The summed E-state index contributed by atoms with van der Waals surface area (Å²) < 4.78 is 12.3. The zero-order valence-electron chi connectivity index (χ0n) is 17.5. The van der Waals surface area contributed by atoms with E-state index in [1.54, 1.807) is 41.4 Å². The fourth-order valence-electron chi connectivity index (χ4n) is 4.29. The van der Waals surface area contributed by atoms with Crippen molar-refractivity contribution in [3.63, 3.8) is 0 Å². The molecule has 0 unspecified atom stereocenters. The first-order chi connectivity index (χ1) is 15.6. The van der Waals surface area contributed by atoms with Crippen LogP contribution in [-0.4, -0.2) is 52.7 Å². The number of ketones is 1. The zero-order chi connectivity index (χ0) is 22.1. The van der Waals surface area contributed by atoms with Gasteiger partial charge in [0.25, 0.3) is 5.56 Å². The molecular weight excluding hydrogens is 410 g/mol. The number of hydrogen-bond acceptors (Lipinski definition) is 6. The molecular formula is C24H23N3O5. The lowest BCUT2D eigenvalue weighted by Gasteiger charge is -2.31. The van der Waals surface area contributed by atoms with E-state index < -0.39 is 0 Å². The SMILES string of the molecule is O=C(c1ccc2c(c1)OCCO2)C1CCN(C(=O)Cn2ncc3ccccc3c2=O)CC1. The van der Waals surface area contributed by atoms with Gasteiger partial charge in [0.05, 0.1) is 11.6 Å². The molecule has 164 valence electrons. The lowest BCUT2D eigenvalue weighted by atomic mass is 9.88. The molecule has 32 heavy (non-hydrogen) atoms. The number of aromatic nitrogens is 2. The Morgan fingerprint density at radius 1 is 1.00 bits per heavy atom. The standard InChI is InChI=1S/C24H23N3O5/c28-22(15-27-24(30)19-4-2-1-3-18(19)14-25-27)26-9-7-16(8-10-26)23(29)17-5-6-20-21(13-17)32-12-11-31-20/h1-6,13-14,16H,7-12,15H2. The van der Waals surface area contributed by atoms with Gasteiger partial charge in [0.1, 0.15) is 19.8 Å². The molecule has 5 rings (SSSR count). The Labute approximate surface area is 184 Å². The van der Waals surface area contributed by atoms with Crippen molar-refractivity contribution in [3.8, 4) is 11.5 Å². The van der Waals surface area contributed by atoms with Crippen LogP contribution >= 0.6 is 0 Å². The van der Waals surface area contributed by atoms with E-state index in [2.05, 4.69) is 5.10 Å². The van der Waals surface area contributed by atoms with Crippen LogP contribution in [0.5, 0.6) is 11.5 Å². The summed E-state index contributed by atoms with van der Waals surface area (Å²) in [5, 5.41) is 5.43. The predicted molar refractivity (Wildman–Crippen MR) is 117 cm³/mol. The molecule has 8 heteroatoms. The largest absolute Gasteiger partial charge is 0.486 e. The molecule has 0 spiro atoms. The van der Waals surface area contributed by atoms with E-state index in [4.69, 9.17) is 9.47 Å². The first-order valence-electron chi connectivity index (χ1n) is 10.8. The molecule has 1 saturated heterocycles. The van der Waals surface area contributed by atoms with Crippen LogP contribution in [0.2, 0.25) is 0 Å². The molecule has 0 atom stereocenters. The van der Waals surface area contributed by atoms with Crippen LogP contribution in [0.4, 0.5) is 0 Å². The van der Waals surface area contributed by atoms with Gasteiger partial charge in [-0.3, -0.25) is 14.4 Å². The molecule has 2 aromatic carbocycles. The highest BCUT2D eigenvalue weighted by atomic mass is 16.6. The van der Waals surface area contributed by atoms with Gasteiger partial charge in [-0.25, -0.2) is 4.68 Å². The van der Waals surface area contributed by atoms with Crippen LogP contribution < -0.4 is 15.0 Å². The number of Topliss-reactive ketones (excluding diaryl/α,β-unsaturated/α-hetero) is 1. The summed E-state index contributed by atoms with van der Waals surface area (Å²) in [6.45, 7) is 1.82. The van der Waals surface area contributed by atoms with Gasteiger partial charge in [-0.05, 0) is 37.1 Å². The highest BCUT2D eigenvalue weighted by Gasteiger charge is 2.29. The van der Waals surface area contributed by atoms with Crippen LogP contribution in [0, 0.1) is 5.92 Å². The maximum atomic E-state index is 13.0. The van der Waals surface area contributed by atoms with E-state index in [-0.39, 0.29) is 29.7 Å². The normalized spacial score (nSPS) is 16.2. The molecule has 1 amide bonds. The lowest BCUT2D eigenvalue weighted by Crippen LogP contribution is -2.43. The monoisotopic (exact) mass is 433 g/mol. The van der Waals surface area contributed by atoms with Gasteiger partial charge in [0, 0.05) is 30.0 Å². The Bertz CT molecular complexity index is 1240. The third-order valence-corrected chi connectivity index (χ3v) is 6.09. The number of rotatable bonds is 4. The molecule has 2 aliphatic heterocycles. The van der Waals surface area contributed by atoms with Crippen LogP contribution in [-0.2, 0) is 11.3 Å². The number of piperidine rings is 1. The van der Waals surface area contributed by atoms with Crippen LogP contribution in [0.1, 0.15) is 23.2 Å². The average Bonchev–Trinajstić information content (AvgIpc) is 2.85. The van der Waals surface area contributed by atoms with Gasteiger partial charge >= 0.3 is 0 Å². The first kappa shape index (κ1) is 20.2. The minimum atomic E-state index is -0.278. The Morgan fingerprint density at radius 2 is 1.75 bits per heavy atom. The van der Waals surface area contributed by atoms with E-state index in [0.29, 0.717) is 61.6 Å². The van der Waals surface area contributed by atoms with E-state index in [0.717, 1.165) is 5.39 Å². The summed E-state index contributed by atoms with van der Waals surface area (Å²) in [5.41, 5.74) is 0.325. The topological polar surface area (TPSA) is 90.7 Å². The van der Waals surface area contributed by atoms with E-state index in [9.17, 15) is 14.4 Å². The van der Waals surface area contributed by atoms with Crippen LogP contribution in [0.25, 0.3) is 10.8 Å². The first-order valence-corrected chi connectivity index (χ1v) is 10.8. The summed E-state index contributed by atoms with van der Waals surface area (Å²) in [7, 11) is 0. The highest BCUT2D eigenvalue weighted by molar-refractivity contribution is 5.98.